The smallest absolute Gasteiger partial charge is 0.272 e. The summed E-state index contributed by atoms with van der Waals surface area (Å²) in [5, 5.41) is 4.72. The highest BCUT2D eigenvalue weighted by Crippen LogP contribution is 2.30. The van der Waals surface area contributed by atoms with Crippen LogP contribution >= 0.6 is 0 Å². The fourth-order valence-electron chi connectivity index (χ4n) is 3.10. The van der Waals surface area contributed by atoms with Gasteiger partial charge in [0.05, 0.1) is 19.4 Å². The molecule has 0 aliphatic heterocycles. The number of H-pyrrole nitrogens is 1. The van der Waals surface area contributed by atoms with Crippen LogP contribution in [0.3, 0.4) is 0 Å². The van der Waals surface area contributed by atoms with Gasteiger partial charge in [0.25, 0.3) is 5.91 Å². The molecule has 0 radical (unpaired) electrons. The van der Waals surface area contributed by atoms with Crippen LogP contribution in [0.4, 0.5) is 5.69 Å². The molecule has 0 aliphatic rings. The molecule has 0 bridgehead atoms. The summed E-state index contributed by atoms with van der Waals surface area (Å²) in [6.07, 6.45) is 1.70. The van der Waals surface area contributed by atoms with Gasteiger partial charge in [0, 0.05) is 28.6 Å². The summed E-state index contributed by atoms with van der Waals surface area (Å²) < 4.78 is 10.9. The van der Waals surface area contributed by atoms with E-state index in [0.29, 0.717) is 29.3 Å². The van der Waals surface area contributed by atoms with Crippen molar-refractivity contribution in [3.8, 4) is 11.5 Å². The third-order valence-electron chi connectivity index (χ3n) is 4.35. The first-order valence-electron chi connectivity index (χ1n) is 8.68. The second kappa shape index (κ2) is 6.99. The number of nitrogens with one attached hydrogen (secondary N) is 2. The summed E-state index contributed by atoms with van der Waals surface area (Å²) in [6, 6.07) is 14.9. The number of pyridine rings is 1. The predicted molar refractivity (Wildman–Crippen MR) is 106 cm³/mol. The fraction of sp³-hybridized carbons (Fsp3) is 0.143. The Balaban J connectivity index is 1.66. The maximum absolute atomic E-state index is 12.8. The number of hydrogen-bond donors (Lipinski definition) is 2. The van der Waals surface area contributed by atoms with Crippen LogP contribution in [0, 0.1) is 0 Å². The lowest BCUT2D eigenvalue weighted by Crippen LogP contribution is -2.12. The molecule has 27 heavy (non-hydrogen) atoms. The van der Waals surface area contributed by atoms with Gasteiger partial charge in [-0.3, -0.25) is 9.78 Å². The number of hydrogen-bond acceptors (Lipinski definition) is 4. The van der Waals surface area contributed by atoms with E-state index in [1.807, 2.05) is 49.4 Å². The lowest BCUT2D eigenvalue weighted by molar-refractivity contribution is 0.102. The summed E-state index contributed by atoms with van der Waals surface area (Å²) in [5.41, 5.74) is 2.72. The molecule has 0 aliphatic carbocycles. The molecular formula is C21H19N3O3. The molecule has 2 aromatic heterocycles. The van der Waals surface area contributed by atoms with Crippen molar-refractivity contribution in [2.24, 2.45) is 0 Å². The molecule has 2 heterocycles. The average Bonchev–Trinajstić information content (AvgIpc) is 3.12. The Bertz CT molecular complexity index is 1130. The second-order valence-electron chi connectivity index (χ2n) is 6.03. The number of carbonyl (C=O) groups is 1. The zero-order valence-corrected chi connectivity index (χ0v) is 15.1. The zero-order chi connectivity index (χ0) is 18.8. The molecule has 0 saturated carbocycles. The maximum atomic E-state index is 12.8. The average molecular weight is 361 g/mol. The van der Waals surface area contributed by atoms with Crippen LogP contribution in [0.1, 0.15) is 17.4 Å². The van der Waals surface area contributed by atoms with Crippen LogP contribution in [0.2, 0.25) is 0 Å². The molecule has 0 spiro atoms. The maximum Gasteiger partial charge on any atom is 0.272 e. The quantitative estimate of drug-likeness (QED) is 0.553. The van der Waals surface area contributed by atoms with Crippen molar-refractivity contribution in [3.63, 3.8) is 0 Å². The largest absolute Gasteiger partial charge is 0.494 e. The monoisotopic (exact) mass is 361 g/mol. The normalized spacial score (nSPS) is 10.9. The molecule has 2 aromatic carbocycles. The summed E-state index contributed by atoms with van der Waals surface area (Å²) in [4.78, 5) is 20.3. The summed E-state index contributed by atoms with van der Waals surface area (Å²) >= 11 is 0. The van der Waals surface area contributed by atoms with Crippen LogP contribution in [0.5, 0.6) is 11.5 Å². The Kier molecular flexibility index (Phi) is 4.38. The van der Waals surface area contributed by atoms with Gasteiger partial charge in [0.1, 0.15) is 22.7 Å². The second-order valence-corrected chi connectivity index (χ2v) is 6.03. The summed E-state index contributed by atoms with van der Waals surface area (Å²) in [6.45, 7) is 2.53. The number of amides is 1. The van der Waals surface area contributed by atoms with Crippen molar-refractivity contribution in [1.82, 2.24) is 9.97 Å². The first-order valence-corrected chi connectivity index (χ1v) is 8.68. The lowest BCUT2D eigenvalue weighted by Gasteiger charge is -2.10. The van der Waals surface area contributed by atoms with E-state index in [4.69, 9.17) is 9.47 Å². The van der Waals surface area contributed by atoms with Gasteiger partial charge in [0.2, 0.25) is 0 Å². The van der Waals surface area contributed by atoms with E-state index in [0.717, 1.165) is 22.0 Å². The van der Waals surface area contributed by atoms with E-state index in [-0.39, 0.29) is 5.91 Å². The zero-order valence-electron chi connectivity index (χ0n) is 15.1. The van der Waals surface area contributed by atoms with Gasteiger partial charge in [-0.2, -0.15) is 0 Å². The lowest BCUT2D eigenvalue weighted by atomic mass is 10.1. The Morgan fingerprint density at radius 3 is 2.89 bits per heavy atom. The number of nitrogens with zero attached hydrogens (tertiary/aromatic N) is 1. The summed E-state index contributed by atoms with van der Waals surface area (Å²) in [7, 11) is 1.60. The van der Waals surface area contributed by atoms with Crippen LogP contribution in [-0.4, -0.2) is 29.6 Å². The van der Waals surface area contributed by atoms with E-state index in [9.17, 15) is 4.79 Å². The fourth-order valence-corrected chi connectivity index (χ4v) is 3.10. The molecule has 6 heteroatoms. The number of rotatable bonds is 5. The molecule has 1 amide bonds. The Morgan fingerprint density at radius 2 is 2.07 bits per heavy atom. The highest BCUT2D eigenvalue weighted by Gasteiger charge is 2.14. The van der Waals surface area contributed by atoms with Crippen LogP contribution in [-0.2, 0) is 0 Å². The van der Waals surface area contributed by atoms with Gasteiger partial charge >= 0.3 is 0 Å². The topological polar surface area (TPSA) is 76.2 Å². The molecule has 0 atom stereocenters. The number of fused-ring (bicyclic) bond motifs is 2. The van der Waals surface area contributed by atoms with Gasteiger partial charge < -0.3 is 19.8 Å². The number of ether oxygens (including phenoxy) is 2. The van der Waals surface area contributed by atoms with Crippen molar-refractivity contribution >= 4 is 33.4 Å². The van der Waals surface area contributed by atoms with Crippen molar-refractivity contribution < 1.29 is 14.3 Å². The van der Waals surface area contributed by atoms with Crippen molar-refractivity contribution in [2.45, 2.75) is 6.92 Å². The number of aromatic nitrogens is 2. The molecule has 0 fully saturated rings. The minimum atomic E-state index is -0.223. The first-order chi connectivity index (χ1) is 13.2. The number of carbonyl (C=O) groups excluding carboxylic acids is 1. The molecule has 4 aromatic rings. The number of anilines is 1. The minimum absolute atomic E-state index is 0.223. The minimum Gasteiger partial charge on any atom is -0.494 e. The standard InChI is InChI=1S/C21H19N3O3/c1-3-27-14-7-6-13-11-18(23-17(13)12-14)21(25)24-16-8-9-19(26-2)20-15(16)5-4-10-22-20/h4-12,23H,3H2,1-2H3,(H,24,25). The number of aromatic amines is 1. The third kappa shape index (κ3) is 3.17. The molecule has 2 N–H and O–H groups in total. The first kappa shape index (κ1) is 16.9. The third-order valence-corrected chi connectivity index (χ3v) is 4.35. The highest BCUT2D eigenvalue weighted by atomic mass is 16.5. The molecule has 136 valence electrons. The van der Waals surface area contributed by atoms with Crippen LogP contribution in [0.25, 0.3) is 21.8 Å². The van der Waals surface area contributed by atoms with E-state index in [1.54, 1.807) is 19.4 Å². The summed E-state index contributed by atoms with van der Waals surface area (Å²) in [5.74, 6) is 1.21. The van der Waals surface area contributed by atoms with Gasteiger partial charge in [-0.05, 0) is 49.4 Å². The highest BCUT2D eigenvalue weighted by molar-refractivity contribution is 6.10. The molecule has 4 rings (SSSR count). The predicted octanol–water partition coefficient (Wildman–Crippen LogP) is 4.38. The van der Waals surface area contributed by atoms with Crippen molar-refractivity contribution in [2.75, 3.05) is 19.0 Å². The van der Waals surface area contributed by atoms with Crippen molar-refractivity contribution in [3.05, 3.63) is 60.4 Å². The molecular weight excluding hydrogens is 342 g/mol. The van der Waals surface area contributed by atoms with Crippen LogP contribution in [0.15, 0.2) is 54.7 Å². The molecule has 0 saturated heterocycles. The van der Waals surface area contributed by atoms with Gasteiger partial charge in [-0.1, -0.05) is 0 Å². The molecule has 6 nitrogen and oxygen atoms in total. The number of methoxy groups -OCH3 is 1. The van der Waals surface area contributed by atoms with Gasteiger partial charge in [-0.25, -0.2) is 0 Å². The van der Waals surface area contributed by atoms with Gasteiger partial charge in [0.15, 0.2) is 0 Å². The van der Waals surface area contributed by atoms with E-state index < -0.39 is 0 Å². The van der Waals surface area contributed by atoms with E-state index >= 15 is 0 Å². The number of benzene rings is 2. The Labute approximate surface area is 156 Å². The van der Waals surface area contributed by atoms with E-state index in [1.165, 1.54) is 0 Å². The molecule has 0 unspecified atom stereocenters. The Hall–Kier alpha value is -3.54. The Morgan fingerprint density at radius 1 is 1.19 bits per heavy atom. The SMILES string of the molecule is CCOc1ccc2cc(C(=O)Nc3ccc(OC)c4ncccc34)[nH]c2c1. The van der Waals surface area contributed by atoms with Gasteiger partial charge in [-0.15, -0.1) is 0 Å². The van der Waals surface area contributed by atoms with Crippen LogP contribution < -0.4 is 14.8 Å². The van der Waals surface area contributed by atoms with E-state index in [2.05, 4.69) is 15.3 Å². The van der Waals surface area contributed by atoms with Crippen molar-refractivity contribution in [1.29, 1.82) is 0 Å².